The second-order valence-electron chi connectivity index (χ2n) is 5.92. The average Bonchev–Trinajstić information content (AvgIpc) is 3.23. The van der Waals surface area contributed by atoms with Gasteiger partial charge in [-0.1, -0.05) is 0 Å². The molecule has 0 bridgehead atoms. The molecule has 1 aliphatic carbocycles. The highest BCUT2D eigenvalue weighted by Gasteiger charge is 2.42. The number of nitro groups is 1. The Morgan fingerprint density at radius 2 is 1.96 bits per heavy atom. The summed E-state index contributed by atoms with van der Waals surface area (Å²) in [7, 11) is -3.10. The summed E-state index contributed by atoms with van der Waals surface area (Å²) >= 11 is 3.09. The van der Waals surface area contributed by atoms with Crippen LogP contribution in [0.1, 0.15) is 29.6 Å². The van der Waals surface area contributed by atoms with Crippen LogP contribution in [0, 0.1) is 10.1 Å². The highest BCUT2D eigenvalue weighted by molar-refractivity contribution is 9.10. The summed E-state index contributed by atoms with van der Waals surface area (Å²) in [5, 5.41) is 11.0. The molecule has 2 aliphatic rings. The van der Waals surface area contributed by atoms with Gasteiger partial charge in [0, 0.05) is 23.7 Å². The Kier molecular flexibility index (Phi) is 4.18. The van der Waals surface area contributed by atoms with Crippen LogP contribution in [-0.4, -0.2) is 47.7 Å². The van der Waals surface area contributed by atoms with Crippen molar-refractivity contribution in [2.75, 3.05) is 11.5 Å². The van der Waals surface area contributed by atoms with E-state index in [4.69, 9.17) is 0 Å². The minimum atomic E-state index is -3.10. The smallest absolute Gasteiger partial charge is 0.284 e. The molecule has 0 radical (unpaired) electrons. The lowest BCUT2D eigenvalue weighted by molar-refractivity contribution is -0.385. The van der Waals surface area contributed by atoms with Gasteiger partial charge >= 0.3 is 0 Å². The number of sulfone groups is 1. The van der Waals surface area contributed by atoms with Crippen LogP contribution in [0.3, 0.4) is 0 Å². The van der Waals surface area contributed by atoms with Gasteiger partial charge in [0.2, 0.25) is 0 Å². The standard InChI is InChI=1S/C14H15BrN2O5S/c15-12-4-1-9(7-13(12)17(19)20)14(18)16(10-2-3-10)11-5-6-23(21,22)8-11/h1,4,7,10-11H,2-3,5-6,8H2. The Hall–Kier alpha value is -1.48. The van der Waals surface area contributed by atoms with Gasteiger partial charge in [0.25, 0.3) is 11.6 Å². The minimum Gasteiger partial charge on any atom is -0.332 e. The topological polar surface area (TPSA) is 97.6 Å². The Balaban J connectivity index is 1.91. The number of carbonyl (C=O) groups is 1. The molecular weight excluding hydrogens is 388 g/mol. The second kappa shape index (κ2) is 5.86. The van der Waals surface area contributed by atoms with Crippen LogP contribution in [0.4, 0.5) is 5.69 Å². The summed E-state index contributed by atoms with van der Waals surface area (Å²) in [5.74, 6) is -0.257. The van der Waals surface area contributed by atoms with Gasteiger partial charge in [-0.3, -0.25) is 14.9 Å². The van der Waals surface area contributed by atoms with E-state index in [1.165, 1.54) is 18.2 Å². The third-order valence-corrected chi connectivity index (χ3v) is 6.59. The van der Waals surface area contributed by atoms with Crippen molar-refractivity contribution in [1.29, 1.82) is 0 Å². The summed E-state index contributed by atoms with van der Waals surface area (Å²) in [6.45, 7) is 0. The molecule has 124 valence electrons. The van der Waals surface area contributed by atoms with Gasteiger partial charge < -0.3 is 4.90 Å². The fourth-order valence-electron chi connectivity index (χ4n) is 2.91. The molecule has 2 fully saturated rings. The van der Waals surface area contributed by atoms with Crippen LogP contribution in [0.25, 0.3) is 0 Å². The van der Waals surface area contributed by atoms with Gasteiger partial charge in [0.15, 0.2) is 9.84 Å². The lowest BCUT2D eigenvalue weighted by Crippen LogP contribution is -2.42. The number of amides is 1. The molecule has 9 heteroatoms. The van der Waals surface area contributed by atoms with E-state index in [-0.39, 0.29) is 40.7 Å². The maximum absolute atomic E-state index is 12.8. The Morgan fingerprint density at radius 1 is 1.26 bits per heavy atom. The number of hydrogen-bond acceptors (Lipinski definition) is 5. The third kappa shape index (κ3) is 3.40. The first-order valence-electron chi connectivity index (χ1n) is 7.25. The number of nitro benzene ring substituents is 1. The predicted octanol–water partition coefficient (Wildman–Crippen LogP) is 2.15. The molecule has 1 amide bonds. The van der Waals surface area contributed by atoms with E-state index in [9.17, 15) is 23.3 Å². The van der Waals surface area contributed by atoms with Crippen molar-refractivity contribution in [3.05, 3.63) is 38.3 Å². The average molecular weight is 403 g/mol. The number of nitrogens with zero attached hydrogens (tertiary/aromatic N) is 2. The fraction of sp³-hybridized carbons (Fsp3) is 0.500. The molecule has 1 aromatic carbocycles. The van der Waals surface area contributed by atoms with E-state index in [2.05, 4.69) is 15.9 Å². The molecular formula is C14H15BrN2O5S. The number of rotatable bonds is 4. The van der Waals surface area contributed by atoms with Crippen LogP contribution in [0.15, 0.2) is 22.7 Å². The van der Waals surface area contributed by atoms with E-state index < -0.39 is 14.8 Å². The molecule has 0 spiro atoms. The highest BCUT2D eigenvalue weighted by Crippen LogP contribution is 2.34. The quantitative estimate of drug-likeness (QED) is 0.567. The Labute approximate surface area is 141 Å². The molecule has 7 nitrogen and oxygen atoms in total. The van der Waals surface area contributed by atoms with Gasteiger partial charge in [-0.2, -0.15) is 0 Å². The highest BCUT2D eigenvalue weighted by atomic mass is 79.9. The van der Waals surface area contributed by atoms with Gasteiger partial charge in [-0.15, -0.1) is 0 Å². The molecule has 3 rings (SSSR count). The van der Waals surface area contributed by atoms with Crippen LogP contribution in [0.2, 0.25) is 0 Å². The predicted molar refractivity (Wildman–Crippen MR) is 87.0 cm³/mol. The number of benzene rings is 1. The molecule has 1 aliphatic heterocycles. The van der Waals surface area contributed by atoms with Crippen molar-refractivity contribution in [2.45, 2.75) is 31.3 Å². The number of halogens is 1. The van der Waals surface area contributed by atoms with Gasteiger partial charge in [-0.05, 0) is 47.3 Å². The summed E-state index contributed by atoms with van der Waals surface area (Å²) in [4.78, 5) is 24.9. The lowest BCUT2D eigenvalue weighted by Gasteiger charge is -2.28. The van der Waals surface area contributed by atoms with Crippen molar-refractivity contribution in [2.24, 2.45) is 0 Å². The molecule has 1 saturated heterocycles. The zero-order valence-corrected chi connectivity index (χ0v) is 14.5. The van der Waals surface area contributed by atoms with Crippen LogP contribution >= 0.6 is 15.9 Å². The van der Waals surface area contributed by atoms with E-state index in [1.54, 1.807) is 4.90 Å². The summed E-state index contributed by atoms with van der Waals surface area (Å²) < 4.78 is 23.7. The zero-order valence-electron chi connectivity index (χ0n) is 12.1. The van der Waals surface area contributed by atoms with Crippen molar-refractivity contribution in [1.82, 2.24) is 4.90 Å². The third-order valence-electron chi connectivity index (χ3n) is 4.17. The van der Waals surface area contributed by atoms with E-state index >= 15 is 0 Å². The first-order valence-corrected chi connectivity index (χ1v) is 9.87. The maximum Gasteiger partial charge on any atom is 0.284 e. The van der Waals surface area contributed by atoms with Gasteiger partial charge in [0.05, 0.1) is 20.9 Å². The molecule has 1 heterocycles. The first kappa shape index (κ1) is 16.4. The number of hydrogen-bond donors (Lipinski definition) is 0. The molecule has 1 unspecified atom stereocenters. The van der Waals surface area contributed by atoms with E-state index in [1.807, 2.05) is 0 Å². The maximum atomic E-state index is 12.8. The minimum absolute atomic E-state index is 0.0200. The van der Waals surface area contributed by atoms with Crippen molar-refractivity contribution >= 4 is 37.4 Å². The van der Waals surface area contributed by atoms with Crippen LogP contribution in [-0.2, 0) is 9.84 Å². The van der Waals surface area contributed by atoms with Gasteiger partial charge in [0.1, 0.15) is 0 Å². The normalized spacial score (nSPS) is 22.7. The molecule has 0 aromatic heterocycles. The fourth-order valence-corrected chi connectivity index (χ4v) is 5.01. The largest absolute Gasteiger partial charge is 0.332 e. The summed E-state index contributed by atoms with van der Waals surface area (Å²) in [5.41, 5.74) is 0.0433. The summed E-state index contributed by atoms with van der Waals surface area (Å²) in [6, 6.07) is 3.96. The van der Waals surface area contributed by atoms with Crippen molar-refractivity contribution in [3.8, 4) is 0 Å². The molecule has 23 heavy (non-hydrogen) atoms. The summed E-state index contributed by atoms with van der Waals surface area (Å²) in [6.07, 6.45) is 2.13. The molecule has 1 aromatic rings. The Morgan fingerprint density at radius 3 is 2.48 bits per heavy atom. The van der Waals surface area contributed by atoms with Crippen LogP contribution in [0.5, 0.6) is 0 Å². The first-order chi connectivity index (χ1) is 10.8. The second-order valence-corrected chi connectivity index (χ2v) is 9.01. The molecule has 0 N–H and O–H groups in total. The van der Waals surface area contributed by atoms with Gasteiger partial charge in [-0.25, -0.2) is 8.42 Å². The Bertz CT molecular complexity index is 775. The van der Waals surface area contributed by atoms with Crippen molar-refractivity contribution < 1.29 is 18.1 Å². The zero-order chi connectivity index (χ0) is 16.8. The molecule has 1 saturated carbocycles. The monoisotopic (exact) mass is 402 g/mol. The van der Waals surface area contributed by atoms with E-state index in [0.29, 0.717) is 10.9 Å². The SMILES string of the molecule is O=C(c1ccc(Br)c([N+](=O)[O-])c1)N(C1CC1)C1CCS(=O)(=O)C1. The number of carbonyl (C=O) groups excluding carboxylic acids is 1. The van der Waals surface area contributed by atoms with E-state index in [0.717, 1.165) is 12.8 Å². The van der Waals surface area contributed by atoms with Crippen molar-refractivity contribution in [3.63, 3.8) is 0 Å². The molecule has 1 atom stereocenters. The van der Waals surface area contributed by atoms with Crippen LogP contribution < -0.4 is 0 Å². The lowest BCUT2D eigenvalue weighted by atomic mass is 10.1.